The molecule has 0 aliphatic heterocycles. The van der Waals surface area contributed by atoms with Gasteiger partial charge in [0.15, 0.2) is 0 Å². The van der Waals surface area contributed by atoms with Gasteiger partial charge in [0.1, 0.15) is 11.6 Å². The molecule has 2 nitrogen and oxygen atoms in total. The summed E-state index contributed by atoms with van der Waals surface area (Å²) in [6.45, 7) is 3.37. The van der Waals surface area contributed by atoms with Crippen molar-refractivity contribution < 1.29 is 35.8 Å². The number of rotatable bonds is 4. The zero-order valence-electron chi connectivity index (χ0n) is 6.44. The minimum Gasteiger partial charge on any atom is -0.300 e. The summed E-state index contributed by atoms with van der Waals surface area (Å²) in [4.78, 5) is 20.9. The summed E-state index contributed by atoms with van der Waals surface area (Å²) in [6, 6.07) is 0. The molecule has 0 radical (unpaired) electrons. The molecule has 0 aliphatic rings. The van der Waals surface area contributed by atoms with Crippen LogP contribution in [0.2, 0.25) is 0 Å². The summed E-state index contributed by atoms with van der Waals surface area (Å²) in [5.74, 6) is 0.0263. The zero-order valence-corrected chi connectivity index (χ0v) is 8.90. The van der Waals surface area contributed by atoms with Gasteiger partial charge in [0, 0.05) is 32.6 Å². The third kappa shape index (κ3) is 8.22. The second-order valence-corrected chi connectivity index (χ2v) is 2.17. The maximum atomic E-state index is 10.6. The fourth-order valence-electron chi connectivity index (χ4n) is 0.645. The van der Waals surface area contributed by atoms with Crippen LogP contribution < -0.4 is 0 Å². The third-order valence-electron chi connectivity index (χ3n) is 0.975. The van der Waals surface area contributed by atoms with E-state index in [-0.39, 0.29) is 44.2 Å². The largest absolute Gasteiger partial charge is 0.300 e. The Morgan fingerprint density at radius 2 is 1.80 bits per heavy atom. The number of carbonyl (C=O) groups excluding carboxylic acids is 2. The summed E-state index contributed by atoms with van der Waals surface area (Å²) < 4.78 is 0. The molecule has 0 aliphatic carbocycles. The standard InChI is InChI=1S/C7H12O2.Zr/c1-3-4-7(9)5-6(2)8;/h3-5H2,1-2H3;. The molecule has 56 valence electrons. The Labute approximate surface area is 80.5 Å². The first-order valence-electron chi connectivity index (χ1n) is 3.18. The average molecular weight is 219 g/mol. The Morgan fingerprint density at radius 1 is 1.30 bits per heavy atom. The van der Waals surface area contributed by atoms with Crippen molar-refractivity contribution >= 4 is 11.6 Å². The van der Waals surface area contributed by atoms with E-state index in [4.69, 9.17) is 0 Å². The van der Waals surface area contributed by atoms with Crippen LogP contribution in [0.4, 0.5) is 0 Å². The van der Waals surface area contributed by atoms with Crippen molar-refractivity contribution in [3.05, 3.63) is 0 Å². The average Bonchev–Trinajstić information content (AvgIpc) is 1.63. The molecule has 10 heavy (non-hydrogen) atoms. The van der Waals surface area contributed by atoms with E-state index in [0.29, 0.717) is 6.42 Å². The Balaban J connectivity index is 0. The van der Waals surface area contributed by atoms with Crippen LogP contribution in [0.25, 0.3) is 0 Å². The van der Waals surface area contributed by atoms with Crippen molar-refractivity contribution in [1.29, 1.82) is 0 Å². The third-order valence-corrected chi connectivity index (χ3v) is 0.975. The molecule has 0 unspecified atom stereocenters. The van der Waals surface area contributed by atoms with E-state index in [2.05, 4.69) is 0 Å². The molecular weight excluding hydrogens is 207 g/mol. The summed E-state index contributed by atoms with van der Waals surface area (Å²) in [5, 5.41) is 0. The van der Waals surface area contributed by atoms with Crippen LogP contribution in [0.1, 0.15) is 33.1 Å². The first-order chi connectivity index (χ1) is 4.16. The van der Waals surface area contributed by atoms with Gasteiger partial charge in [0.2, 0.25) is 0 Å². The minimum absolute atomic E-state index is 0. The van der Waals surface area contributed by atoms with Gasteiger partial charge in [0.05, 0.1) is 6.42 Å². The molecule has 0 heterocycles. The van der Waals surface area contributed by atoms with Crippen molar-refractivity contribution in [3.8, 4) is 0 Å². The molecule has 0 N–H and O–H groups in total. The van der Waals surface area contributed by atoms with Crippen molar-refractivity contribution in [2.45, 2.75) is 33.1 Å². The maximum Gasteiger partial charge on any atom is 0.140 e. The summed E-state index contributed by atoms with van der Waals surface area (Å²) in [6.07, 6.45) is 1.50. The molecular formula is C7H12O2Zr. The van der Waals surface area contributed by atoms with Crippen LogP contribution in [0.3, 0.4) is 0 Å². The van der Waals surface area contributed by atoms with Gasteiger partial charge in [-0.3, -0.25) is 9.59 Å². The molecule has 0 aromatic carbocycles. The monoisotopic (exact) mass is 218 g/mol. The number of hydrogen-bond acceptors (Lipinski definition) is 2. The summed E-state index contributed by atoms with van der Waals surface area (Å²) >= 11 is 0. The predicted octanol–water partition coefficient (Wildman–Crippen LogP) is 1.33. The molecule has 0 amide bonds. The second kappa shape index (κ2) is 7.33. The smallest absolute Gasteiger partial charge is 0.140 e. The summed E-state index contributed by atoms with van der Waals surface area (Å²) in [7, 11) is 0. The normalized spacial score (nSPS) is 8.20. The van der Waals surface area contributed by atoms with Crippen molar-refractivity contribution in [3.63, 3.8) is 0 Å². The van der Waals surface area contributed by atoms with Gasteiger partial charge < -0.3 is 0 Å². The molecule has 3 heteroatoms. The molecule has 0 atom stereocenters. The Morgan fingerprint density at radius 3 is 2.10 bits per heavy atom. The molecule has 0 saturated carbocycles. The van der Waals surface area contributed by atoms with Crippen molar-refractivity contribution in [1.82, 2.24) is 0 Å². The van der Waals surface area contributed by atoms with Crippen LogP contribution in [0.15, 0.2) is 0 Å². The van der Waals surface area contributed by atoms with Crippen molar-refractivity contribution in [2.75, 3.05) is 0 Å². The number of Topliss-reactive ketones (excluding diaryl/α,β-unsaturated/α-hetero) is 2. The van der Waals surface area contributed by atoms with Gasteiger partial charge in [-0.25, -0.2) is 0 Å². The molecule has 0 spiro atoms. The Bertz CT molecular complexity index is 121. The van der Waals surface area contributed by atoms with Gasteiger partial charge in [0.25, 0.3) is 0 Å². The van der Waals surface area contributed by atoms with Gasteiger partial charge in [-0.2, -0.15) is 0 Å². The fraction of sp³-hybridized carbons (Fsp3) is 0.714. The van der Waals surface area contributed by atoms with Gasteiger partial charge in [-0.15, -0.1) is 0 Å². The maximum absolute atomic E-state index is 10.6. The zero-order chi connectivity index (χ0) is 7.28. The van der Waals surface area contributed by atoms with E-state index < -0.39 is 0 Å². The number of hydrogen-bond donors (Lipinski definition) is 0. The molecule has 0 rings (SSSR count). The van der Waals surface area contributed by atoms with E-state index in [9.17, 15) is 9.59 Å². The molecule has 0 aromatic rings. The van der Waals surface area contributed by atoms with Gasteiger partial charge in [-0.05, 0) is 13.3 Å². The summed E-state index contributed by atoms with van der Waals surface area (Å²) in [5.41, 5.74) is 0. The second-order valence-electron chi connectivity index (χ2n) is 2.17. The number of carbonyl (C=O) groups is 2. The van der Waals surface area contributed by atoms with E-state index in [1.54, 1.807) is 0 Å². The van der Waals surface area contributed by atoms with Gasteiger partial charge >= 0.3 is 0 Å². The fourth-order valence-corrected chi connectivity index (χ4v) is 0.645. The van der Waals surface area contributed by atoms with E-state index in [0.717, 1.165) is 6.42 Å². The molecule has 0 bridgehead atoms. The molecule has 0 fully saturated rings. The quantitative estimate of drug-likeness (QED) is 0.669. The predicted molar refractivity (Wildman–Crippen MR) is 35.2 cm³/mol. The van der Waals surface area contributed by atoms with Crippen LogP contribution in [0.5, 0.6) is 0 Å². The molecule has 0 saturated heterocycles. The van der Waals surface area contributed by atoms with Gasteiger partial charge in [-0.1, -0.05) is 6.92 Å². The first-order valence-corrected chi connectivity index (χ1v) is 3.18. The van der Waals surface area contributed by atoms with E-state index in [1.807, 2.05) is 6.92 Å². The number of ketones is 2. The van der Waals surface area contributed by atoms with Crippen LogP contribution >= 0.6 is 0 Å². The Kier molecular flexibility index (Phi) is 9.43. The SMILES string of the molecule is CCCC(=O)CC(C)=O.[Zr]. The topological polar surface area (TPSA) is 34.1 Å². The van der Waals surface area contributed by atoms with Crippen molar-refractivity contribution in [2.24, 2.45) is 0 Å². The molecule has 0 aromatic heterocycles. The first kappa shape index (κ1) is 12.9. The Hall–Kier alpha value is 0.223. The van der Waals surface area contributed by atoms with Crippen LogP contribution in [-0.4, -0.2) is 11.6 Å². The van der Waals surface area contributed by atoms with Crippen LogP contribution in [0, 0.1) is 0 Å². The van der Waals surface area contributed by atoms with E-state index in [1.165, 1.54) is 6.92 Å². The van der Waals surface area contributed by atoms with Crippen LogP contribution in [-0.2, 0) is 35.8 Å². The minimum atomic E-state index is -0.0338. The van der Waals surface area contributed by atoms with E-state index >= 15 is 0 Å².